The number of amides is 1. The molecule has 1 atom stereocenters. The van der Waals surface area contributed by atoms with Gasteiger partial charge in [-0.2, -0.15) is 0 Å². The quantitative estimate of drug-likeness (QED) is 0.872. The van der Waals surface area contributed by atoms with Gasteiger partial charge in [0.05, 0.1) is 0 Å². The van der Waals surface area contributed by atoms with Crippen LogP contribution in [0.1, 0.15) is 28.9 Å². The standard InChI is InChI=1S/C15H18N4O/c1-11(12-6-4-3-5-7-12)10-17-14-9-8-13(18-19-14)15(20)16-2/h3-9,11H,10H2,1-2H3,(H,16,20)(H,17,19). The molecule has 104 valence electrons. The highest BCUT2D eigenvalue weighted by molar-refractivity contribution is 5.91. The molecule has 1 aromatic heterocycles. The van der Waals surface area contributed by atoms with Gasteiger partial charge in [-0.15, -0.1) is 10.2 Å². The maximum atomic E-state index is 11.3. The van der Waals surface area contributed by atoms with E-state index in [4.69, 9.17) is 0 Å². The molecular formula is C15H18N4O. The van der Waals surface area contributed by atoms with Crippen LogP contribution < -0.4 is 10.6 Å². The van der Waals surface area contributed by atoms with E-state index in [9.17, 15) is 4.79 Å². The van der Waals surface area contributed by atoms with E-state index in [1.54, 1.807) is 19.2 Å². The number of hydrogen-bond acceptors (Lipinski definition) is 4. The Bertz CT molecular complexity index is 554. The van der Waals surface area contributed by atoms with Crippen LogP contribution in [0.25, 0.3) is 0 Å². The van der Waals surface area contributed by atoms with Crippen LogP contribution in [-0.4, -0.2) is 29.7 Å². The average Bonchev–Trinajstić information content (AvgIpc) is 2.53. The van der Waals surface area contributed by atoms with E-state index in [1.807, 2.05) is 18.2 Å². The highest BCUT2D eigenvalue weighted by Crippen LogP contribution is 2.15. The van der Waals surface area contributed by atoms with Crippen molar-refractivity contribution in [1.29, 1.82) is 0 Å². The predicted molar refractivity (Wildman–Crippen MR) is 78.8 cm³/mol. The predicted octanol–water partition coefficient (Wildman–Crippen LogP) is 2.05. The van der Waals surface area contributed by atoms with E-state index < -0.39 is 0 Å². The molecule has 1 aromatic carbocycles. The summed E-state index contributed by atoms with van der Waals surface area (Å²) >= 11 is 0. The largest absolute Gasteiger partial charge is 0.368 e. The third-order valence-electron chi connectivity index (χ3n) is 3.08. The summed E-state index contributed by atoms with van der Waals surface area (Å²) in [4.78, 5) is 11.3. The number of benzene rings is 1. The Morgan fingerprint density at radius 1 is 1.15 bits per heavy atom. The SMILES string of the molecule is CNC(=O)c1ccc(NCC(C)c2ccccc2)nn1. The van der Waals surface area contributed by atoms with Gasteiger partial charge in [-0.1, -0.05) is 37.3 Å². The second-order valence-electron chi connectivity index (χ2n) is 4.58. The smallest absolute Gasteiger partial charge is 0.271 e. The Morgan fingerprint density at radius 2 is 1.90 bits per heavy atom. The third-order valence-corrected chi connectivity index (χ3v) is 3.08. The summed E-state index contributed by atoms with van der Waals surface area (Å²) < 4.78 is 0. The molecular weight excluding hydrogens is 252 g/mol. The zero-order chi connectivity index (χ0) is 14.4. The number of nitrogens with one attached hydrogen (secondary N) is 2. The van der Waals surface area contributed by atoms with Gasteiger partial charge >= 0.3 is 0 Å². The lowest BCUT2D eigenvalue weighted by molar-refractivity contribution is 0.0957. The first-order chi connectivity index (χ1) is 9.70. The van der Waals surface area contributed by atoms with Crippen molar-refractivity contribution in [2.45, 2.75) is 12.8 Å². The summed E-state index contributed by atoms with van der Waals surface area (Å²) in [6.07, 6.45) is 0. The van der Waals surface area contributed by atoms with E-state index in [1.165, 1.54) is 5.56 Å². The zero-order valence-corrected chi connectivity index (χ0v) is 11.6. The zero-order valence-electron chi connectivity index (χ0n) is 11.6. The molecule has 0 spiro atoms. The highest BCUT2D eigenvalue weighted by atomic mass is 16.1. The molecule has 2 rings (SSSR count). The van der Waals surface area contributed by atoms with Gasteiger partial charge in [0.2, 0.25) is 0 Å². The van der Waals surface area contributed by atoms with Crippen molar-refractivity contribution in [3.05, 3.63) is 53.7 Å². The van der Waals surface area contributed by atoms with Crippen molar-refractivity contribution in [3.63, 3.8) is 0 Å². The number of nitrogens with zero attached hydrogens (tertiary/aromatic N) is 2. The van der Waals surface area contributed by atoms with Crippen molar-refractivity contribution >= 4 is 11.7 Å². The summed E-state index contributed by atoms with van der Waals surface area (Å²) in [6.45, 7) is 2.91. The molecule has 0 saturated carbocycles. The first-order valence-electron chi connectivity index (χ1n) is 6.55. The number of rotatable bonds is 5. The first-order valence-corrected chi connectivity index (χ1v) is 6.55. The van der Waals surface area contributed by atoms with Crippen LogP contribution in [0.3, 0.4) is 0 Å². The average molecular weight is 270 g/mol. The fourth-order valence-electron chi connectivity index (χ4n) is 1.83. The second kappa shape index (κ2) is 6.65. The normalized spacial score (nSPS) is 11.7. The molecule has 2 N–H and O–H groups in total. The van der Waals surface area contributed by atoms with Gasteiger partial charge in [0.25, 0.3) is 5.91 Å². The van der Waals surface area contributed by atoms with E-state index in [-0.39, 0.29) is 5.91 Å². The molecule has 0 saturated heterocycles. The lowest BCUT2D eigenvalue weighted by Gasteiger charge is -2.13. The maximum Gasteiger partial charge on any atom is 0.271 e. The van der Waals surface area contributed by atoms with Gasteiger partial charge < -0.3 is 10.6 Å². The molecule has 0 aliphatic heterocycles. The van der Waals surface area contributed by atoms with Crippen LogP contribution in [0.4, 0.5) is 5.82 Å². The van der Waals surface area contributed by atoms with Gasteiger partial charge in [0, 0.05) is 13.6 Å². The molecule has 1 amide bonds. The molecule has 5 nitrogen and oxygen atoms in total. The van der Waals surface area contributed by atoms with E-state index in [2.05, 4.69) is 39.9 Å². The summed E-state index contributed by atoms with van der Waals surface area (Å²) in [7, 11) is 1.57. The summed E-state index contributed by atoms with van der Waals surface area (Å²) in [5.41, 5.74) is 1.59. The van der Waals surface area contributed by atoms with Crippen LogP contribution in [0.5, 0.6) is 0 Å². The molecule has 0 radical (unpaired) electrons. The third kappa shape index (κ3) is 3.54. The van der Waals surface area contributed by atoms with Crippen molar-refractivity contribution in [1.82, 2.24) is 15.5 Å². The molecule has 0 fully saturated rings. The summed E-state index contributed by atoms with van der Waals surface area (Å²) in [6, 6.07) is 13.7. The van der Waals surface area contributed by atoms with E-state index >= 15 is 0 Å². The molecule has 1 unspecified atom stereocenters. The molecule has 20 heavy (non-hydrogen) atoms. The van der Waals surface area contributed by atoms with Crippen molar-refractivity contribution in [2.24, 2.45) is 0 Å². The Hall–Kier alpha value is -2.43. The first kappa shape index (κ1) is 14.0. The van der Waals surface area contributed by atoms with Crippen molar-refractivity contribution in [3.8, 4) is 0 Å². The van der Waals surface area contributed by atoms with Gasteiger partial charge in [0.1, 0.15) is 5.82 Å². The summed E-state index contributed by atoms with van der Waals surface area (Å²) in [5, 5.41) is 13.6. The number of hydrogen-bond donors (Lipinski definition) is 2. The molecule has 1 heterocycles. The number of aromatic nitrogens is 2. The van der Waals surface area contributed by atoms with Crippen LogP contribution in [0, 0.1) is 0 Å². The van der Waals surface area contributed by atoms with Crippen molar-refractivity contribution in [2.75, 3.05) is 18.9 Å². The monoisotopic (exact) mass is 270 g/mol. The van der Waals surface area contributed by atoms with E-state index in [0.717, 1.165) is 6.54 Å². The molecule has 0 bridgehead atoms. The van der Waals surface area contributed by atoms with Gasteiger partial charge in [-0.05, 0) is 23.6 Å². The van der Waals surface area contributed by atoms with Crippen LogP contribution in [0.2, 0.25) is 0 Å². The molecule has 5 heteroatoms. The Labute approximate surface area is 118 Å². The molecule has 0 aliphatic rings. The van der Waals surface area contributed by atoms with Gasteiger partial charge in [-0.25, -0.2) is 0 Å². The maximum absolute atomic E-state index is 11.3. The number of carbonyl (C=O) groups is 1. The topological polar surface area (TPSA) is 66.9 Å². The number of carbonyl (C=O) groups excluding carboxylic acids is 1. The minimum atomic E-state index is -0.235. The van der Waals surface area contributed by atoms with Crippen molar-refractivity contribution < 1.29 is 4.79 Å². The second-order valence-corrected chi connectivity index (χ2v) is 4.58. The fourth-order valence-corrected chi connectivity index (χ4v) is 1.83. The molecule has 0 aliphatic carbocycles. The minimum absolute atomic E-state index is 0.235. The Balaban J connectivity index is 1.93. The van der Waals surface area contributed by atoms with Crippen LogP contribution in [-0.2, 0) is 0 Å². The number of anilines is 1. The van der Waals surface area contributed by atoms with Crippen LogP contribution >= 0.6 is 0 Å². The Kier molecular flexibility index (Phi) is 4.65. The highest BCUT2D eigenvalue weighted by Gasteiger charge is 2.07. The van der Waals surface area contributed by atoms with Gasteiger partial charge in [0.15, 0.2) is 5.69 Å². The Morgan fingerprint density at radius 3 is 2.50 bits per heavy atom. The minimum Gasteiger partial charge on any atom is -0.368 e. The van der Waals surface area contributed by atoms with E-state index in [0.29, 0.717) is 17.4 Å². The molecule has 2 aromatic rings. The van der Waals surface area contributed by atoms with Crippen LogP contribution in [0.15, 0.2) is 42.5 Å². The van der Waals surface area contributed by atoms with Gasteiger partial charge in [-0.3, -0.25) is 4.79 Å². The lowest BCUT2D eigenvalue weighted by Crippen LogP contribution is -2.20. The summed E-state index contributed by atoms with van der Waals surface area (Å²) in [5.74, 6) is 0.804. The lowest BCUT2D eigenvalue weighted by atomic mass is 10.0. The fraction of sp³-hybridized carbons (Fsp3) is 0.267.